The molecule has 0 saturated carbocycles. The summed E-state index contributed by atoms with van der Waals surface area (Å²) in [5, 5.41) is 12.3. The first-order chi connectivity index (χ1) is 15.8. The van der Waals surface area contributed by atoms with Crippen LogP contribution in [0.3, 0.4) is 0 Å². The van der Waals surface area contributed by atoms with Gasteiger partial charge in [-0.2, -0.15) is 0 Å². The number of anilines is 2. The average molecular weight is 487 g/mol. The number of thioether (sulfide) groups is 1. The third-order valence-electron chi connectivity index (χ3n) is 4.49. The topological polar surface area (TPSA) is 102 Å². The zero-order chi connectivity index (χ0) is 24.0. The third-order valence-corrected chi connectivity index (χ3v) is 6.51. The summed E-state index contributed by atoms with van der Waals surface area (Å²) in [7, 11) is 3.96. The summed E-state index contributed by atoms with van der Waals surface area (Å²) in [6, 6.07) is 8.00. The fourth-order valence-corrected chi connectivity index (χ4v) is 4.57. The van der Waals surface area contributed by atoms with Gasteiger partial charge in [0.25, 0.3) is 0 Å². The second kappa shape index (κ2) is 11.1. The van der Waals surface area contributed by atoms with Gasteiger partial charge in [0.05, 0.1) is 18.1 Å². The molecule has 0 fully saturated rings. The summed E-state index contributed by atoms with van der Waals surface area (Å²) in [5.41, 5.74) is 2.50. The van der Waals surface area contributed by atoms with Crippen LogP contribution < -0.4 is 10.2 Å². The Hall–Kier alpha value is -3.18. The molecule has 0 aliphatic carbocycles. The lowest BCUT2D eigenvalue weighted by Gasteiger charge is -2.14. The molecule has 9 nitrogen and oxygen atoms in total. The third kappa shape index (κ3) is 5.99. The Morgan fingerprint density at radius 3 is 2.82 bits per heavy atom. The van der Waals surface area contributed by atoms with Gasteiger partial charge in [0.15, 0.2) is 16.1 Å². The van der Waals surface area contributed by atoms with Crippen molar-refractivity contribution >= 4 is 45.8 Å². The standard InChI is InChI=1S/C22H26N6O3S2/c1-6-11-28-19(15-9-8-10-16(12-15)27(4)5)25-26-22(28)32-13-17(29)24-21-23-14(3)18(33-21)20(30)31-7-2/h6,8-10,12H,1,7,11,13H2,2-5H3,(H,23,24,29). The highest BCUT2D eigenvalue weighted by molar-refractivity contribution is 7.99. The Morgan fingerprint density at radius 1 is 1.33 bits per heavy atom. The van der Waals surface area contributed by atoms with Crippen LogP contribution >= 0.6 is 23.1 Å². The van der Waals surface area contributed by atoms with Crippen molar-refractivity contribution in [2.75, 3.05) is 36.7 Å². The molecular weight excluding hydrogens is 460 g/mol. The molecule has 2 aromatic heterocycles. The molecule has 0 aliphatic heterocycles. The summed E-state index contributed by atoms with van der Waals surface area (Å²) in [6.45, 7) is 8.06. The lowest BCUT2D eigenvalue weighted by molar-refractivity contribution is -0.113. The molecule has 174 valence electrons. The van der Waals surface area contributed by atoms with Crippen molar-refractivity contribution in [2.24, 2.45) is 0 Å². The smallest absolute Gasteiger partial charge is 0.350 e. The first-order valence-electron chi connectivity index (χ1n) is 10.2. The number of nitrogens with zero attached hydrogens (tertiary/aromatic N) is 5. The maximum Gasteiger partial charge on any atom is 0.350 e. The Bertz CT molecular complexity index is 1150. The Morgan fingerprint density at radius 2 is 2.12 bits per heavy atom. The molecule has 1 amide bonds. The van der Waals surface area contributed by atoms with Crippen molar-refractivity contribution in [3.8, 4) is 11.4 Å². The van der Waals surface area contributed by atoms with E-state index < -0.39 is 5.97 Å². The Balaban J connectivity index is 1.71. The fourth-order valence-electron chi connectivity index (χ4n) is 2.95. The summed E-state index contributed by atoms with van der Waals surface area (Å²) in [5.74, 6) is 0.121. The zero-order valence-electron chi connectivity index (χ0n) is 19.0. The predicted octanol–water partition coefficient (Wildman–Crippen LogP) is 3.87. The first kappa shape index (κ1) is 24.5. The van der Waals surface area contributed by atoms with Crippen molar-refractivity contribution in [2.45, 2.75) is 25.5 Å². The van der Waals surface area contributed by atoms with Gasteiger partial charge in [-0.25, -0.2) is 9.78 Å². The number of nitrogens with one attached hydrogen (secondary N) is 1. The molecule has 0 aliphatic rings. The van der Waals surface area contributed by atoms with E-state index in [1.165, 1.54) is 11.8 Å². The van der Waals surface area contributed by atoms with Crippen molar-refractivity contribution in [1.29, 1.82) is 0 Å². The monoisotopic (exact) mass is 486 g/mol. The maximum absolute atomic E-state index is 12.5. The summed E-state index contributed by atoms with van der Waals surface area (Å²) in [4.78, 5) is 31.1. The van der Waals surface area contributed by atoms with Gasteiger partial charge in [-0.05, 0) is 26.0 Å². The van der Waals surface area contributed by atoms with E-state index in [0.717, 1.165) is 22.6 Å². The second-order valence-electron chi connectivity index (χ2n) is 7.14. The number of ether oxygens (including phenoxy) is 1. The minimum Gasteiger partial charge on any atom is -0.462 e. The summed E-state index contributed by atoms with van der Waals surface area (Å²) >= 11 is 2.37. The number of carbonyl (C=O) groups excluding carboxylic acids is 2. The molecule has 1 aromatic carbocycles. The molecule has 0 radical (unpaired) electrons. The number of aromatic nitrogens is 4. The van der Waals surface area contributed by atoms with E-state index >= 15 is 0 Å². The number of thiazole rings is 1. The van der Waals surface area contributed by atoms with E-state index in [0.29, 0.717) is 33.2 Å². The molecule has 11 heteroatoms. The molecule has 2 heterocycles. The molecule has 0 atom stereocenters. The Kier molecular flexibility index (Phi) is 8.23. The van der Waals surface area contributed by atoms with Crippen LogP contribution in [0.2, 0.25) is 0 Å². The highest BCUT2D eigenvalue weighted by Crippen LogP contribution is 2.27. The van der Waals surface area contributed by atoms with Crippen LogP contribution in [0.1, 0.15) is 22.3 Å². The molecule has 3 rings (SSSR count). The van der Waals surface area contributed by atoms with Crippen molar-refractivity contribution in [3.63, 3.8) is 0 Å². The van der Waals surface area contributed by atoms with Crippen LogP contribution in [0.15, 0.2) is 42.1 Å². The molecule has 0 spiro atoms. The largest absolute Gasteiger partial charge is 0.462 e. The van der Waals surface area contributed by atoms with Crippen LogP contribution in [0.4, 0.5) is 10.8 Å². The molecule has 1 N–H and O–H groups in total. The number of benzene rings is 1. The van der Waals surface area contributed by atoms with Crippen LogP contribution in [-0.4, -0.2) is 58.1 Å². The second-order valence-corrected chi connectivity index (χ2v) is 9.08. The van der Waals surface area contributed by atoms with E-state index in [1.807, 2.05) is 47.8 Å². The van der Waals surface area contributed by atoms with Gasteiger partial charge in [0.1, 0.15) is 4.88 Å². The first-order valence-corrected chi connectivity index (χ1v) is 12.0. The van der Waals surface area contributed by atoms with Crippen molar-refractivity contribution in [1.82, 2.24) is 19.7 Å². The predicted molar refractivity (Wildman–Crippen MR) is 132 cm³/mol. The number of aryl methyl sites for hydroxylation is 1. The lowest BCUT2D eigenvalue weighted by atomic mass is 10.2. The number of rotatable bonds is 10. The van der Waals surface area contributed by atoms with Crippen LogP contribution in [0.5, 0.6) is 0 Å². The molecule has 0 saturated heterocycles. The quantitative estimate of drug-likeness (QED) is 0.262. The van der Waals surface area contributed by atoms with E-state index in [4.69, 9.17) is 4.74 Å². The molecule has 33 heavy (non-hydrogen) atoms. The molecule has 0 unspecified atom stereocenters. The van der Waals surface area contributed by atoms with Crippen molar-refractivity contribution in [3.05, 3.63) is 47.5 Å². The maximum atomic E-state index is 12.5. The van der Waals surface area contributed by atoms with Gasteiger partial charge in [0, 0.05) is 31.9 Å². The Labute approximate surface area is 200 Å². The van der Waals surface area contributed by atoms with Gasteiger partial charge < -0.3 is 15.0 Å². The number of esters is 1. The number of carbonyl (C=O) groups is 2. The normalized spacial score (nSPS) is 10.7. The highest BCUT2D eigenvalue weighted by atomic mass is 32.2. The van der Waals surface area contributed by atoms with E-state index in [-0.39, 0.29) is 18.3 Å². The number of hydrogen-bond donors (Lipinski definition) is 1. The minimum atomic E-state index is -0.439. The molecule has 3 aromatic rings. The fraction of sp³-hybridized carbons (Fsp3) is 0.318. The van der Waals surface area contributed by atoms with Crippen LogP contribution in [0.25, 0.3) is 11.4 Å². The molecule has 0 bridgehead atoms. The molecular formula is C22H26N6O3S2. The average Bonchev–Trinajstić information content (AvgIpc) is 3.35. The van der Waals surface area contributed by atoms with E-state index in [2.05, 4.69) is 27.1 Å². The van der Waals surface area contributed by atoms with Gasteiger partial charge >= 0.3 is 5.97 Å². The van der Waals surface area contributed by atoms with E-state index in [9.17, 15) is 9.59 Å². The highest BCUT2D eigenvalue weighted by Gasteiger charge is 2.19. The summed E-state index contributed by atoms with van der Waals surface area (Å²) in [6.07, 6.45) is 1.77. The van der Waals surface area contributed by atoms with Gasteiger partial charge in [-0.1, -0.05) is 41.3 Å². The summed E-state index contributed by atoms with van der Waals surface area (Å²) < 4.78 is 6.94. The number of amides is 1. The van der Waals surface area contributed by atoms with Gasteiger partial charge in [0.2, 0.25) is 5.91 Å². The van der Waals surface area contributed by atoms with Crippen LogP contribution in [0, 0.1) is 6.92 Å². The lowest BCUT2D eigenvalue weighted by Crippen LogP contribution is -2.14. The zero-order valence-corrected chi connectivity index (χ0v) is 20.6. The van der Waals surface area contributed by atoms with Gasteiger partial charge in [-0.3, -0.25) is 9.36 Å². The van der Waals surface area contributed by atoms with Crippen molar-refractivity contribution < 1.29 is 14.3 Å². The number of allylic oxidation sites excluding steroid dienone is 1. The van der Waals surface area contributed by atoms with Gasteiger partial charge in [-0.15, -0.1) is 16.8 Å². The van der Waals surface area contributed by atoms with E-state index in [1.54, 1.807) is 19.9 Å². The van der Waals surface area contributed by atoms with Crippen LogP contribution in [-0.2, 0) is 16.1 Å². The minimum absolute atomic E-state index is 0.111. The SMILES string of the molecule is C=CCn1c(SCC(=O)Nc2nc(C)c(C(=O)OCC)s2)nnc1-c1cccc(N(C)C)c1. The number of hydrogen-bond acceptors (Lipinski definition) is 9.